The van der Waals surface area contributed by atoms with Gasteiger partial charge in [0.15, 0.2) is 0 Å². The molecule has 0 rings (SSSR count). The molecule has 0 N–H and O–H groups in total. The summed E-state index contributed by atoms with van der Waals surface area (Å²) in [6, 6.07) is 0. The van der Waals surface area contributed by atoms with E-state index in [1.54, 1.807) is 0 Å². The zero-order chi connectivity index (χ0) is 17.6. The van der Waals surface area contributed by atoms with E-state index in [-0.39, 0.29) is 0 Å². The van der Waals surface area contributed by atoms with Crippen molar-refractivity contribution in [3.05, 3.63) is 0 Å². The van der Waals surface area contributed by atoms with Crippen LogP contribution in [-0.2, 0) is 0 Å². The van der Waals surface area contributed by atoms with Crippen molar-refractivity contribution in [3.8, 4) is 0 Å². The molecule has 22 heavy (non-hydrogen) atoms. The monoisotopic (exact) mass is 311 g/mol. The molecule has 0 saturated carbocycles. The number of hydrogen-bond acceptors (Lipinski definition) is 1. The molecular weight excluding hydrogens is 266 g/mol. The summed E-state index contributed by atoms with van der Waals surface area (Å²) in [5.41, 5.74) is 0.813. The fourth-order valence-corrected chi connectivity index (χ4v) is 3.62. The Morgan fingerprint density at radius 2 is 1.45 bits per heavy atom. The van der Waals surface area contributed by atoms with Crippen molar-refractivity contribution in [2.24, 2.45) is 28.6 Å². The molecule has 1 heteroatoms. The van der Waals surface area contributed by atoms with Crippen LogP contribution < -0.4 is 0 Å². The normalized spacial score (nSPS) is 17.3. The first-order chi connectivity index (χ1) is 9.99. The Hall–Kier alpha value is -0.0400. The van der Waals surface area contributed by atoms with Gasteiger partial charge in [-0.3, -0.25) is 0 Å². The van der Waals surface area contributed by atoms with E-state index in [1.807, 2.05) is 0 Å². The van der Waals surface area contributed by atoms with Crippen LogP contribution in [0.25, 0.3) is 0 Å². The predicted molar refractivity (Wildman–Crippen MR) is 102 cm³/mol. The second-order valence-electron chi connectivity index (χ2n) is 9.31. The first-order valence-electron chi connectivity index (χ1n) is 9.67. The van der Waals surface area contributed by atoms with Crippen LogP contribution in [0.15, 0.2) is 0 Å². The smallest absolute Gasteiger partial charge is 0.00373 e. The van der Waals surface area contributed by atoms with E-state index in [0.29, 0.717) is 10.8 Å². The summed E-state index contributed by atoms with van der Waals surface area (Å²) in [5, 5.41) is 0. The molecule has 0 amide bonds. The van der Waals surface area contributed by atoms with E-state index in [1.165, 1.54) is 38.8 Å². The van der Waals surface area contributed by atoms with Crippen LogP contribution in [-0.4, -0.2) is 25.0 Å². The fraction of sp³-hybridized carbons (Fsp3) is 1.00. The second kappa shape index (κ2) is 9.30. The molecule has 0 heterocycles. The minimum absolute atomic E-state index is 0.405. The van der Waals surface area contributed by atoms with Crippen LogP contribution in [0.2, 0.25) is 0 Å². The second-order valence-corrected chi connectivity index (χ2v) is 9.31. The maximum Gasteiger partial charge on any atom is 0.00373 e. The lowest BCUT2D eigenvalue weighted by molar-refractivity contribution is 0.0380. The van der Waals surface area contributed by atoms with E-state index in [0.717, 1.165) is 17.8 Å². The van der Waals surface area contributed by atoms with Crippen molar-refractivity contribution < 1.29 is 0 Å². The molecule has 134 valence electrons. The van der Waals surface area contributed by atoms with E-state index in [2.05, 4.69) is 74.3 Å². The lowest BCUT2D eigenvalue weighted by Gasteiger charge is -2.46. The maximum atomic E-state index is 2.59. The maximum absolute atomic E-state index is 2.59. The molecule has 0 aliphatic carbocycles. The minimum atomic E-state index is 0.405. The third-order valence-corrected chi connectivity index (χ3v) is 6.52. The first kappa shape index (κ1) is 22.0. The summed E-state index contributed by atoms with van der Waals surface area (Å²) in [5.74, 6) is 2.49. The molecule has 0 aliphatic heterocycles. The third-order valence-electron chi connectivity index (χ3n) is 6.52. The number of hydrogen-bond donors (Lipinski definition) is 0. The Balaban J connectivity index is 4.62. The summed E-state index contributed by atoms with van der Waals surface area (Å²) in [6.45, 7) is 24.0. The van der Waals surface area contributed by atoms with Crippen molar-refractivity contribution in [1.82, 2.24) is 4.90 Å². The molecule has 0 aliphatic rings. The zero-order valence-corrected chi connectivity index (χ0v) is 17.4. The Morgan fingerprint density at radius 3 is 1.82 bits per heavy atom. The molecule has 0 aromatic rings. The summed E-state index contributed by atoms with van der Waals surface area (Å²) in [6.07, 6.45) is 5.24. The summed E-state index contributed by atoms with van der Waals surface area (Å²) < 4.78 is 0. The van der Waals surface area contributed by atoms with Gasteiger partial charge in [-0.15, -0.1) is 0 Å². The van der Waals surface area contributed by atoms with Gasteiger partial charge >= 0.3 is 0 Å². The van der Waals surface area contributed by atoms with E-state index in [9.17, 15) is 0 Å². The van der Waals surface area contributed by atoms with Crippen LogP contribution in [0.1, 0.15) is 88.0 Å². The van der Waals surface area contributed by atoms with E-state index < -0.39 is 0 Å². The van der Waals surface area contributed by atoms with Gasteiger partial charge in [0.25, 0.3) is 0 Å². The summed E-state index contributed by atoms with van der Waals surface area (Å²) in [4.78, 5) is 2.59. The predicted octanol–water partition coefficient (Wildman–Crippen LogP) is 6.48. The third kappa shape index (κ3) is 6.60. The average Bonchev–Trinajstić information content (AvgIpc) is 2.42. The highest BCUT2D eigenvalue weighted by Gasteiger charge is 2.38. The topological polar surface area (TPSA) is 3.24 Å². The lowest BCUT2D eigenvalue weighted by Crippen LogP contribution is -2.44. The first-order valence-corrected chi connectivity index (χ1v) is 9.67. The molecule has 0 aromatic heterocycles. The van der Waals surface area contributed by atoms with Gasteiger partial charge < -0.3 is 4.90 Å². The molecule has 0 spiro atoms. The van der Waals surface area contributed by atoms with Crippen molar-refractivity contribution in [1.29, 1.82) is 0 Å². The highest BCUT2D eigenvalue weighted by atomic mass is 15.1. The Bertz CT molecular complexity index is 292. The van der Waals surface area contributed by atoms with Gasteiger partial charge in [0.1, 0.15) is 0 Å². The fourth-order valence-electron chi connectivity index (χ4n) is 3.62. The standard InChI is InChI=1S/C21H45N/c1-11-20(7,8)21(9,12-2)16-22(10)14-13-19(18(5)6)15-17(3)4/h17-19H,11-16H2,1-10H3. The molecule has 0 radical (unpaired) electrons. The molecule has 0 bridgehead atoms. The van der Waals surface area contributed by atoms with E-state index in [4.69, 9.17) is 0 Å². The largest absolute Gasteiger partial charge is 0.306 e. The van der Waals surface area contributed by atoms with E-state index >= 15 is 0 Å². The molecular formula is C21H45N. The lowest BCUT2D eigenvalue weighted by atomic mass is 9.63. The highest BCUT2D eigenvalue weighted by Crippen LogP contribution is 2.44. The van der Waals surface area contributed by atoms with Gasteiger partial charge in [0.2, 0.25) is 0 Å². The molecule has 2 unspecified atom stereocenters. The Labute approximate surface area is 142 Å². The molecule has 0 fully saturated rings. The number of rotatable bonds is 11. The van der Waals surface area contributed by atoms with Crippen molar-refractivity contribution in [3.63, 3.8) is 0 Å². The quantitative estimate of drug-likeness (QED) is 0.422. The van der Waals surface area contributed by atoms with Gasteiger partial charge in [-0.2, -0.15) is 0 Å². The van der Waals surface area contributed by atoms with Gasteiger partial charge in [-0.1, -0.05) is 68.7 Å². The molecule has 1 nitrogen and oxygen atoms in total. The number of nitrogens with zero attached hydrogens (tertiary/aromatic N) is 1. The Morgan fingerprint density at radius 1 is 0.909 bits per heavy atom. The van der Waals surface area contributed by atoms with Crippen LogP contribution in [0.5, 0.6) is 0 Å². The van der Waals surface area contributed by atoms with Gasteiger partial charge in [0, 0.05) is 6.54 Å². The van der Waals surface area contributed by atoms with Crippen LogP contribution in [0.4, 0.5) is 0 Å². The van der Waals surface area contributed by atoms with Crippen molar-refractivity contribution >= 4 is 0 Å². The van der Waals surface area contributed by atoms with Crippen LogP contribution in [0, 0.1) is 28.6 Å². The van der Waals surface area contributed by atoms with Crippen molar-refractivity contribution in [2.75, 3.05) is 20.1 Å². The van der Waals surface area contributed by atoms with Crippen molar-refractivity contribution in [2.45, 2.75) is 88.0 Å². The van der Waals surface area contributed by atoms with Crippen LogP contribution in [0.3, 0.4) is 0 Å². The SMILES string of the molecule is CCC(C)(C)C(C)(CC)CN(C)CCC(CC(C)C)C(C)C. The molecule has 0 saturated heterocycles. The average molecular weight is 312 g/mol. The summed E-state index contributed by atoms with van der Waals surface area (Å²) >= 11 is 0. The van der Waals surface area contributed by atoms with Gasteiger partial charge in [-0.25, -0.2) is 0 Å². The van der Waals surface area contributed by atoms with Gasteiger partial charge in [0.05, 0.1) is 0 Å². The molecule has 2 atom stereocenters. The zero-order valence-electron chi connectivity index (χ0n) is 17.4. The minimum Gasteiger partial charge on any atom is -0.306 e. The van der Waals surface area contributed by atoms with Crippen LogP contribution >= 0.6 is 0 Å². The van der Waals surface area contributed by atoms with Gasteiger partial charge in [-0.05, 0) is 61.4 Å². The highest BCUT2D eigenvalue weighted by molar-refractivity contribution is 4.90. The Kier molecular flexibility index (Phi) is 9.29. The summed E-state index contributed by atoms with van der Waals surface area (Å²) in [7, 11) is 2.33. The molecule has 0 aromatic carbocycles.